The predicted molar refractivity (Wildman–Crippen MR) is 125 cm³/mol. The molecule has 4 N–H and O–H groups in total. The monoisotopic (exact) mass is 462 g/mol. The Morgan fingerprint density at radius 2 is 2.03 bits per heavy atom. The Kier molecular flexibility index (Phi) is 5.76. The van der Waals surface area contributed by atoms with Crippen molar-refractivity contribution in [2.45, 2.75) is 38.5 Å². The molecule has 0 saturated carbocycles. The van der Waals surface area contributed by atoms with Gasteiger partial charge in [0.25, 0.3) is 5.91 Å². The van der Waals surface area contributed by atoms with Crippen molar-refractivity contribution in [1.82, 2.24) is 24.6 Å². The van der Waals surface area contributed by atoms with E-state index >= 15 is 0 Å². The van der Waals surface area contributed by atoms with Gasteiger partial charge in [0.05, 0.1) is 23.9 Å². The number of fused-ring (bicyclic) bond motifs is 1. The third-order valence-electron chi connectivity index (χ3n) is 6.22. The molecule has 1 aromatic carbocycles. The lowest BCUT2D eigenvalue weighted by atomic mass is 10.0. The van der Waals surface area contributed by atoms with Crippen molar-refractivity contribution >= 4 is 22.8 Å². The number of pyridine rings is 1. The van der Waals surface area contributed by atoms with E-state index in [2.05, 4.69) is 15.1 Å². The molecule has 1 aliphatic heterocycles. The summed E-state index contributed by atoms with van der Waals surface area (Å²) in [4.78, 5) is 22.6. The van der Waals surface area contributed by atoms with Crippen LogP contribution in [0.3, 0.4) is 0 Å². The quantitative estimate of drug-likeness (QED) is 0.410. The van der Waals surface area contributed by atoms with Crippen molar-refractivity contribution in [2.24, 2.45) is 0 Å². The molecule has 176 valence electrons. The average molecular weight is 463 g/mol. The number of rotatable bonds is 5. The first-order valence-electron chi connectivity index (χ1n) is 11.2. The SMILES string of the molecule is CC(O)C(=O)N1CCC(n2cc(-c3cnc(N)c(-c4nc5ccccc5o4)c3)c(CO)n2)CC1. The molecule has 10 heteroatoms. The van der Waals surface area contributed by atoms with Crippen molar-refractivity contribution < 1.29 is 19.4 Å². The highest BCUT2D eigenvalue weighted by molar-refractivity contribution is 5.81. The zero-order chi connectivity index (χ0) is 23.8. The summed E-state index contributed by atoms with van der Waals surface area (Å²) in [5.41, 5.74) is 10.1. The lowest BCUT2D eigenvalue weighted by Crippen LogP contribution is -2.43. The van der Waals surface area contributed by atoms with Crippen LogP contribution in [0.4, 0.5) is 5.82 Å². The number of nitrogens with zero attached hydrogens (tertiary/aromatic N) is 5. The molecule has 1 fully saturated rings. The molecule has 4 heterocycles. The van der Waals surface area contributed by atoms with Crippen molar-refractivity contribution in [3.8, 4) is 22.6 Å². The molecular formula is C24H26N6O4. The van der Waals surface area contributed by atoms with Crippen LogP contribution >= 0.6 is 0 Å². The number of amides is 1. The molecule has 0 bridgehead atoms. The minimum Gasteiger partial charge on any atom is -0.436 e. The third kappa shape index (κ3) is 4.02. The number of carbonyl (C=O) groups excluding carboxylic acids is 1. The smallest absolute Gasteiger partial charge is 0.251 e. The third-order valence-corrected chi connectivity index (χ3v) is 6.22. The molecule has 1 aliphatic rings. The fourth-order valence-corrected chi connectivity index (χ4v) is 4.37. The van der Waals surface area contributed by atoms with Crippen LogP contribution in [0.1, 0.15) is 31.5 Å². The van der Waals surface area contributed by atoms with E-state index in [1.807, 2.05) is 41.2 Å². The summed E-state index contributed by atoms with van der Waals surface area (Å²) in [6.07, 6.45) is 3.96. The van der Waals surface area contributed by atoms with Gasteiger partial charge in [-0.25, -0.2) is 9.97 Å². The van der Waals surface area contributed by atoms with Crippen molar-refractivity contribution in [3.63, 3.8) is 0 Å². The lowest BCUT2D eigenvalue weighted by Gasteiger charge is -2.32. The molecule has 34 heavy (non-hydrogen) atoms. The van der Waals surface area contributed by atoms with Crippen LogP contribution < -0.4 is 5.73 Å². The number of benzene rings is 1. The highest BCUT2D eigenvalue weighted by Gasteiger charge is 2.27. The van der Waals surface area contributed by atoms with Crippen molar-refractivity contribution in [2.75, 3.05) is 18.8 Å². The van der Waals surface area contributed by atoms with Gasteiger partial charge in [-0.15, -0.1) is 0 Å². The standard InChI is InChI=1S/C24H26N6O4/c1-14(32)24(33)29-8-6-16(7-9-29)30-12-18(20(13-31)28-30)15-10-17(22(25)26-11-15)23-27-19-4-2-3-5-21(19)34-23/h2-5,10-12,14,16,31-32H,6-9,13H2,1H3,(H2,25,26). The Hall–Kier alpha value is -3.76. The van der Waals surface area contributed by atoms with Gasteiger partial charge >= 0.3 is 0 Å². The fraction of sp³-hybridized carbons (Fsp3) is 0.333. The molecule has 0 aliphatic carbocycles. The second kappa shape index (κ2) is 8.88. The molecule has 4 aromatic rings. The first kappa shape index (κ1) is 22.1. The maximum absolute atomic E-state index is 12.1. The Morgan fingerprint density at radius 3 is 2.74 bits per heavy atom. The van der Waals surface area contributed by atoms with E-state index in [1.54, 1.807) is 11.1 Å². The number of likely N-dealkylation sites (tertiary alicyclic amines) is 1. The van der Waals surface area contributed by atoms with E-state index in [4.69, 9.17) is 10.2 Å². The topological polar surface area (TPSA) is 144 Å². The Morgan fingerprint density at radius 1 is 1.26 bits per heavy atom. The highest BCUT2D eigenvalue weighted by atomic mass is 16.3. The Balaban J connectivity index is 1.43. The van der Waals surface area contributed by atoms with E-state index in [0.717, 1.165) is 16.6 Å². The number of aliphatic hydroxyl groups excluding tert-OH is 2. The number of nitrogens with two attached hydrogens (primary N) is 1. The first-order valence-corrected chi connectivity index (χ1v) is 11.2. The summed E-state index contributed by atoms with van der Waals surface area (Å²) in [7, 11) is 0. The second-order valence-electron chi connectivity index (χ2n) is 8.50. The van der Waals surface area contributed by atoms with Crippen LogP contribution in [0.5, 0.6) is 0 Å². The predicted octanol–water partition coefficient (Wildman–Crippen LogP) is 2.37. The van der Waals surface area contributed by atoms with Crippen LogP contribution in [0.15, 0.2) is 47.1 Å². The number of nitrogen functional groups attached to an aromatic ring is 1. The van der Waals surface area contributed by atoms with Gasteiger partial charge in [0, 0.05) is 36.6 Å². The minimum atomic E-state index is -0.998. The molecular weight excluding hydrogens is 436 g/mol. The maximum atomic E-state index is 12.1. The second-order valence-corrected chi connectivity index (χ2v) is 8.50. The number of hydrogen-bond acceptors (Lipinski definition) is 8. The highest BCUT2D eigenvalue weighted by Crippen LogP contribution is 2.33. The number of oxazole rings is 1. The Labute approximate surface area is 195 Å². The van der Waals surface area contributed by atoms with Crippen LogP contribution in [-0.4, -0.2) is 60.0 Å². The number of anilines is 1. The number of hydrogen-bond donors (Lipinski definition) is 3. The number of piperidine rings is 1. The van der Waals surface area contributed by atoms with E-state index in [-0.39, 0.29) is 18.6 Å². The molecule has 0 radical (unpaired) electrons. The van der Waals surface area contributed by atoms with Crippen LogP contribution in [-0.2, 0) is 11.4 Å². The maximum Gasteiger partial charge on any atom is 0.251 e. The zero-order valence-corrected chi connectivity index (χ0v) is 18.8. The summed E-state index contributed by atoms with van der Waals surface area (Å²) in [6, 6.07) is 9.39. The van der Waals surface area contributed by atoms with Crippen LogP contribution in [0, 0.1) is 0 Å². The van der Waals surface area contributed by atoms with Gasteiger partial charge in [-0.05, 0) is 38.0 Å². The number of aromatic nitrogens is 4. The summed E-state index contributed by atoms with van der Waals surface area (Å²) in [5.74, 6) is 0.417. The molecule has 1 atom stereocenters. The van der Waals surface area contributed by atoms with Crippen molar-refractivity contribution in [1.29, 1.82) is 0 Å². The van der Waals surface area contributed by atoms with Gasteiger partial charge in [0.1, 0.15) is 17.4 Å². The molecule has 0 spiro atoms. The number of para-hydroxylation sites is 2. The van der Waals surface area contributed by atoms with E-state index in [0.29, 0.717) is 54.5 Å². The number of aliphatic hydroxyl groups is 2. The molecule has 1 unspecified atom stereocenters. The zero-order valence-electron chi connectivity index (χ0n) is 18.8. The van der Waals surface area contributed by atoms with Crippen molar-refractivity contribution in [3.05, 3.63) is 48.4 Å². The Bertz CT molecular complexity index is 1300. The van der Waals surface area contributed by atoms with E-state index < -0.39 is 6.10 Å². The minimum absolute atomic E-state index is 0.0790. The molecule has 10 nitrogen and oxygen atoms in total. The van der Waals surface area contributed by atoms with Gasteiger partial charge in [-0.2, -0.15) is 5.10 Å². The van der Waals surface area contributed by atoms with Crippen LogP contribution in [0.25, 0.3) is 33.7 Å². The number of carbonyl (C=O) groups is 1. The van der Waals surface area contributed by atoms with E-state index in [1.165, 1.54) is 6.92 Å². The normalized spacial score (nSPS) is 15.7. The van der Waals surface area contributed by atoms with Gasteiger partial charge in [-0.3, -0.25) is 9.48 Å². The summed E-state index contributed by atoms with van der Waals surface area (Å²) < 4.78 is 7.73. The van der Waals surface area contributed by atoms with Gasteiger partial charge in [0.2, 0.25) is 5.89 Å². The first-order chi connectivity index (χ1) is 16.4. The van der Waals surface area contributed by atoms with Gasteiger partial charge in [-0.1, -0.05) is 12.1 Å². The molecule has 5 rings (SSSR count). The van der Waals surface area contributed by atoms with E-state index in [9.17, 15) is 15.0 Å². The molecule has 3 aromatic heterocycles. The fourth-order valence-electron chi connectivity index (χ4n) is 4.37. The van der Waals surface area contributed by atoms with Gasteiger partial charge in [0.15, 0.2) is 5.58 Å². The average Bonchev–Trinajstić information content (AvgIpc) is 3.48. The summed E-state index contributed by atoms with van der Waals surface area (Å²) >= 11 is 0. The van der Waals surface area contributed by atoms with Crippen LogP contribution in [0.2, 0.25) is 0 Å². The summed E-state index contributed by atoms with van der Waals surface area (Å²) in [6.45, 7) is 2.34. The summed E-state index contributed by atoms with van der Waals surface area (Å²) in [5, 5.41) is 24.1. The molecule has 1 amide bonds. The molecule has 1 saturated heterocycles. The van der Waals surface area contributed by atoms with Gasteiger partial charge < -0.3 is 25.3 Å². The largest absolute Gasteiger partial charge is 0.436 e. The lowest BCUT2D eigenvalue weighted by molar-refractivity contribution is -0.140.